The fourth-order valence-electron chi connectivity index (χ4n) is 2.51. The number of ether oxygens (including phenoxy) is 2. The van der Waals surface area contributed by atoms with Gasteiger partial charge in [-0.3, -0.25) is 0 Å². The van der Waals surface area contributed by atoms with Crippen molar-refractivity contribution in [3.05, 3.63) is 11.8 Å². The van der Waals surface area contributed by atoms with Crippen LogP contribution in [0.3, 0.4) is 0 Å². The fourth-order valence-corrected chi connectivity index (χ4v) is 2.51. The van der Waals surface area contributed by atoms with Crippen LogP contribution in [-0.4, -0.2) is 18.8 Å². The SMILES string of the molecule is CCC1(COC=C2CCCC2)CCCO1. The third-order valence-corrected chi connectivity index (χ3v) is 3.67. The summed E-state index contributed by atoms with van der Waals surface area (Å²) in [5.74, 6) is 0. The quantitative estimate of drug-likeness (QED) is 0.662. The lowest BCUT2D eigenvalue weighted by Crippen LogP contribution is -2.32. The van der Waals surface area contributed by atoms with E-state index in [1.54, 1.807) is 0 Å². The molecule has 0 aromatic carbocycles. The first-order valence-electron chi connectivity index (χ1n) is 6.28. The van der Waals surface area contributed by atoms with Crippen molar-refractivity contribution in [1.29, 1.82) is 0 Å². The molecule has 0 bridgehead atoms. The van der Waals surface area contributed by atoms with E-state index < -0.39 is 0 Å². The number of hydrogen-bond acceptors (Lipinski definition) is 2. The molecule has 0 aromatic rings. The Bertz CT molecular complexity index is 219. The molecule has 2 heteroatoms. The van der Waals surface area contributed by atoms with Crippen molar-refractivity contribution in [3.8, 4) is 0 Å². The minimum atomic E-state index is 0.0235. The van der Waals surface area contributed by atoms with Crippen molar-refractivity contribution in [2.45, 2.75) is 57.5 Å². The van der Waals surface area contributed by atoms with Gasteiger partial charge in [-0.1, -0.05) is 6.92 Å². The van der Waals surface area contributed by atoms with E-state index in [1.165, 1.54) is 37.7 Å². The maximum Gasteiger partial charge on any atom is 0.116 e. The highest BCUT2D eigenvalue weighted by molar-refractivity contribution is 5.02. The molecule has 0 radical (unpaired) electrons. The molecule has 2 nitrogen and oxygen atoms in total. The van der Waals surface area contributed by atoms with E-state index in [2.05, 4.69) is 6.92 Å². The Morgan fingerprint density at radius 1 is 1.33 bits per heavy atom. The summed E-state index contributed by atoms with van der Waals surface area (Å²) < 4.78 is 11.5. The van der Waals surface area contributed by atoms with Crippen LogP contribution < -0.4 is 0 Å². The summed E-state index contributed by atoms with van der Waals surface area (Å²) >= 11 is 0. The summed E-state index contributed by atoms with van der Waals surface area (Å²) in [4.78, 5) is 0. The second kappa shape index (κ2) is 5.02. The Morgan fingerprint density at radius 2 is 2.13 bits per heavy atom. The number of allylic oxidation sites excluding steroid dienone is 1. The second-order valence-electron chi connectivity index (χ2n) is 4.78. The lowest BCUT2D eigenvalue weighted by Gasteiger charge is -2.25. The van der Waals surface area contributed by atoms with E-state index in [0.29, 0.717) is 0 Å². The largest absolute Gasteiger partial charge is 0.498 e. The van der Waals surface area contributed by atoms with Crippen LogP contribution in [0.1, 0.15) is 51.9 Å². The van der Waals surface area contributed by atoms with Crippen LogP contribution in [0.4, 0.5) is 0 Å². The van der Waals surface area contributed by atoms with E-state index in [4.69, 9.17) is 9.47 Å². The van der Waals surface area contributed by atoms with E-state index in [9.17, 15) is 0 Å². The maximum atomic E-state index is 5.80. The van der Waals surface area contributed by atoms with Crippen LogP contribution in [-0.2, 0) is 9.47 Å². The minimum Gasteiger partial charge on any atom is -0.498 e. The highest BCUT2D eigenvalue weighted by Crippen LogP contribution is 2.30. The van der Waals surface area contributed by atoms with Crippen molar-refractivity contribution in [2.24, 2.45) is 0 Å². The summed E-state index contributed by atoms with van der Waals surface area (Å²) in [6, 6.07) is 0. The zero-order chi connectivity index (χ0) is 10.6. The van der Waals surface area contributed by atoms with Gasteiger partial charge in [0.15, 0.2) is 0 Å². The molecule has 1 aliphatic carbocycles. The molecule has 15 heavy (non-hydrogen) atoms. The van der Waals surface area contributed by atoms with Gasteiger partial charge in [-0.2, -0.15) is 0 Å². The van der Waals surface area contributed by atoms with Crippen molar-refractivity contribution >= 4 is 0 Å². The zero-order valence-corrected chi connectivity index (χ0v) is 9.76. The average molecular weight is 210 g/mol. The standard InChI is InChI=1S/C13H22O2/c1-2-13(8-5-9-15-13)11-14-10-12-6-3-4-7-12/h10H,2-9,11H2,1H3. The van der Waals surface area contributed by atoms with Gasteiger partial charge < -0.3 is 9.47 Å². The highest BCUT2D eigenvalue weighted by Gasteiger charge is 2.33. The molecule has 0 N–H and O–H groups in total. The van der Waals surface area contributed by atoms with Gasteiger partial charge in [0.1, 0.15) is 12.2 Å². The van der Waals surface area contributed by atoms with Gasteiger partial charge in [0, 0.05) is 6.61 Å². The maximum absolute atomic E-state index is 5.80. The average Bonchev–Trinajstić information content (AvgIpc) is 2.89. The van der Waals surface area contributed by atoms with Gasteiger partial charge in [0.05, 0.1) is 6.26 Å². The van der Waals surface area contributed by atoms with Gasteiger partial charge >= 0.3 is 0 Å². The van der Waals surface area contributed by atoms with E-state index in [0.717, 1.165) is 26.1 Å². The van der Waals surface area contributed by atoms with Crippen LogP contribution in [0.25, 0.3) is 0 Å². The van der Waals surface area contributed by atoms with E-state index in [-0.39, 0.29) is 5.60 Å². The Hall–Kier alpha value is -0.500. The first kappa shape index (κ1) is 11.0. The molecule has 0 amide bonds. The summed E-state index contributed by atoms with van der Waals surface area (Å²) in [5, 5.41) is 0. The lowest BCUT2D eigenvalue weighted by molar-refractivity contribution is -0.0448. The molecule has 2 fully saturated rings. The number of hydrogen-bond donors (Lipinski definition) is 0. The summed E-state index contributed by atoms with van der Waals surface area (Å²) in [6.45, 7) is 3.85. The van der Waals surface area contributed by atoms with Crippen molar-refractivity contribution < 1.29 is 9.47 Å². The predicted molar refractivity (Wildman–Crippen MR) is 60.7 cm³/mol. The molecule has 1 saturated heterocycles. The van der Waals surface area contributed by atoms with Gasteiger partial charge in [-0.15, -0.1) is 0 Å². The van der Waals surface area contributed by atoms with Gasteiger partial charge in [0.25, 0.3) is 0 Å². The molecule has 1 heterocycles. The van der Waals surface area contributed by atoms with Crippen LogP contribution in [0.15, 0.2) is 11.8 Å². The monoisotopic (exact) mass is 210 g/mol. The summed E-state index contributed by atoms with van der Waals surface area (Å²) in [5.41, 5.74) is 1.51. The van der Waals surface area contributed by atoms with Crippen molar-refractivity contribution in [1.82, 2.24) is 0 Å². The molecule has 0 spiro atoms. The summed E-state index contributed by atoms with van der Waals surface area (Å²) in [6.07, 6.45) is 10.6. The molecule has 2 aliphatic rings. The normalized spacial score (nSPS) is 30.9. The Kier molecular flexibility index (Phi) is 3.68. The van der Waals surface area contributed by atoms with E-state index in [1.807, 2.05) is 6.26 Å². The molecule has 1 atom stereocenters. The highest BCUT2D eigenvalue weighted by atomic mass is 16.5. The minimum absolute atomic E-state index is 0.0235. The van der Waals surface area contributed by atoms with Crippen LogP contribution >= 0.6 is 0 Å². The zero-order valence-electron chi connectivity index (χ0n) is 9.76. The molecule has 1 unspecified atom stereocenters. The first-order valence-corrected chi connectivity index (χ1v) is 6.28. The van der Waals surface area contributed by atoms with Gasteiger partial charge in [0.2, 0.25) is 0 Å². The molecule has 1 saturated carbocycles. The Balaban J connectivity index is 1.78. The first-order chi connectivity index (χ1) is 7.35. The fraction of sp³-hybridized carbons (Fsp3) is 0.846. The third-order valence-electron chi connectivity index (χ3n) is 3.67. The molecule has 1 aliphatic heterocycles. The Labute approximate surface area is 92.6 Å². The molecule has 2 rings (SSSR count). The topological polar surface area (TPSA) is 18.5 Å². The van der Waals surface area contributed by atoms with E-state index >= 15 is 0 Å². The predicted octanol–water partition coefficient (Wildman–Crippen LogP) is 3.42. The molecule has 86 valence electrons. The van der Waals surface area contributed by atoms with Gasteiger partial charge in [-0.25, -0.2) is 0 Å². The third kappa shape index (κ3) is 2.75. The lowest BCUT2D eigenvalue weighted by atomic mass is 9.98. The second-order valence-corrected chi connectivity index (χ2v) is 4.78. The number of rotatable bonds is 4. The smallest absolute Gasteiger partial charge is 0.116 e. The Morgan fingerprint density at radius 3 is 2.73 bits per heavy atom. The summed E-state index contributed by atoms with van der Waals surface area (Å²) in [7, 11) is 0. The molecule has 0 aromatic heterocycles. The molecular formula is C13H22O2. The van der Waals surface area contributed by atoms with Crippen LogP contribution in [0.5, 0.6) is 0 Å². The molecular weight excluding hydrogens is 188 g/mol. The van der Waals surface area contributed by atoms with Crippen LogP contribution in [0.2, 0.25) is 0 Å². The van der Waals surface area contributed by atoms with Gasteiger partial charge in [-0.05, 0) is 50.5 Å². The van der Waals surface area contributed by atoms with Crippen molar-refractivity contribution in [2.75, 3.05) is 13.2 Å². The van der Waals surface area contributed by atoms with Crippen molar-refractivity contribution in [3.63, 3.8) is 0 Å². The van der Waals surface area contributed by atoms with Crippen LogP contribution in [0, 0.1) is 0 Å².